The second kappa shape index (κ2) is 7.78. The molecular formula is C15H18F3NO4S. The number of ether oxygens (including phenoxy) is 1. The Morgan fingerprint density at radius 3 is 2.38 bits per heavy atom. The Hall–Kier alpha value is -1.90. The number of carbonyl (C=O) groups is 2. The molecule has 1 aromatic rings. The molecule has 9 heteroatoms. The zero-order chi connectivity index (χ0) is 18.5. The number of hydrogen-bond donors (Lipinski definition) is 2. The first-order valence-corrected chi connectivity index (χ1v) is 8.03. The Morgan fingerprint density at radius 1 is 1.25 bits per heavy atom. The van der Waals surface area contributed by atoms with Crippen LogP contribution in [0.15, 0.2) is 18.2 Å². The van der Waals surface area contributed by atoms with Gasteiger partial charge in [-0.05, 0) is 44.5 Å². The highest BCUT2D eigenvalue weighted by Crippen LogP contribution is 2.33. The van der Waals surface area contributed by atoms with Gasteiger partial charge in [0.15, 0.2) is 0 Å². The van der Waals surface area contributed by atoms with Crippen LogP contribution in [0.5, 0.6) is 0 Å². The number of aliphatic carboxylic acids is 1. The van der Waals surface area contributed by atoms with Crippen molar-refractivity contribution < 1.29 is 32.6 Å². The van der Waals surface area contributed by atoms with E-state index in [0.29, 0.717) is 0 Å². The number of carboxylic acid groups (broad SMARTS) is 1. The molecule has 0 saturated heterocycles. The van der Waals surface area contributed by atoms with Crippen LogP contribution in [-0.2, 0) is 21.5 Å². The van der Waals surface area contributed by atoms with Crippen LogP contribution in [0.1, 0.15) is 31.9 Å². The van der Waals surface area contributed by atoms with Gasteiger partial charge in [0.25, 0.3) is 0 Å². The molecule has 0 bridgehead atoms. The monoisotopic (exact) mass is 365 g/mol. The number of carbonyl (C=O) groups excluding carboxylic acids is 1. The van der Waals surface area contributed by atoms with Crippen LogP contribution >= 0.6 is 11.8 Å². The van der Waals surface area contributed by atoms with E-state index < -0.39 is 29.4 Å². The summed E-state index contributed by atoms with van der Waals surface area (Å²) in [5, 5.41) is 11.0. The highest BCUT2D eigenvalue weighted by molar-refractivity contribution is 7.99. The molecule has 1 aromatic carbocycles. The quantitative estimate of drug-likeness (QED) is 0.810. The summed E-state index contributed by atoms with van der Waals surface area (Å²) >= 11 is 0.929. The minimum atomic E-state index is -4.53. The third-order valence-corrected chi connectivity index (χ3v) is 3.52. The Labute approximate surface area is 141 Å². The van der Waals surface area contributed by atoms with Gasteiger partial charge in [-0.25, -0.2) is 4.79 Å². The van der Waals surface area contributed by atoms with E-state index in [1.54, 1.807) is 20.8 Å². The van der Waals surface area contributed by atoms with Gasteiger partial charge >= 0.3 is 18.2 Å². The molecule has 0 radical (unpaired) electrons. The summed E-state index contributed by atoms with van der Waals surface area (Å²) in [6.45, 7) is 4.97. The Bertz CT molecular complexity index is 612. The molecule has 0 fully saturated rings. The number of benzene rings is 1. The van der Waals surface area contributed by atoms with Crippen LogP contribution in [-0.4, -0.2) is 28.5 Å². The highest BCUT2D eigenvalue weighted by atomic mass is 32.2. The fraction of sp³-hybridized carbons (Fsp3) is 0.467. The lowest BCUT2D eigenvalue weighted by atomic mass is 10.1. The average Bonchev–Trinajstić information content (AvgIpc) is 2.36. The number of anilines is 1. The first-order valence-electron chi connectivity index (χ1n) is 6.88. The molecule has 0 heterocycles. The zero-order valence-corrected chi connectivity index (χ0v) is 14.2. The van der Waals surface area contributed by atoms with E-state index in [4.69, 9.17) is 9.84 Å². The van der Waals surface area contributed by atoms with E-state index in [1.165, 1.54) is 0 Å². The third kappa shape index (κ3) is 7.12. The molecular weight excluding hydrogens is 347 g/mol. The number of thioether (sulfide) groups is 1. The predicted molar refractivity (Wildman–Crippen MR) is 85.1 cm³/mol. The lowest BCUT2D eigenvalue weighted by Crippen LogP contribution is -2.27. The normalized spacial score (nSPS) is 11.9. The van der Waals surface area contributed by atoms with E-state index in [0.717, 1.165) is 30.0 Å². The standard InChI is InChI=1S/C15H18F3NO4S/c1-14(2,3)23-13(22)19-11-5-4-10(15(16,17)18)6-9(11)7-24-8-12(20)21/h4-6H,7-8H2,1-3H3,(H,19,22)(H,20,21). The molecule has 0 saturated carbocycles. The van der Waals surface area contributed by atoms with Gasteiger partial charge in [0.2, 0.25) is 0 Å². The number of nitrogens with one attached hydrogen (secondary N) is 1. The molecule has 24 heavy (non-hydrogen) atoms. The third-order valence-electron chi connectivity index (χ3n) is 2.55. The Balaban J connectivity index is 2.99. The molecule has 2 N–H and O–H groups in total. The molecule has 5 nitrogen and oxygen atoms in total. The molecule has 0 aliphatic rings. The molecule has 0 atom stereocenters. The van der Waals surface area contributed by atoms with E-state index in [9.17, 15) is 22.8 Å². The van der Waals surface area contributed by atoms with Crippen molar-refractivity contribution in [1.82, 2.24) is 0 Å². The van der Waals surface area contributed by atoms with E-state index in [-0.39, 0.29) is 22.8 Å². The molecule has 0 spiro atoms. The average molecular weight is 365 g/mol. The second-order valence-electron chi connectivity index (χ2n) is 5.88. The van der Waals surface area contributed by atoms with Gasteiger partial charge in [-0.1, -0.05) is 0 Å². The predicted octanol–water partition coefficient (Wildman–Crippen LogP) is 4.37. The number of carboxylic acids is 1. The molecule has 1 rings (SSSR count). The van der Waals surface area contributed by atoms with Gasteiger partial charge in [-0.3, -0.25) is 10.1 Å². The number of alkyl halides is 3. The van der Waals surface area contributed by atoms with Crippen molar-refractivity contribution in [3.63, 3.8) is 0 Å². The van der Waals surface area contributed by atoms with Crippen molar-refractivity contribution in [3.8, 4) is 0 Å². The van der Waals surface area contributed by atoms with Crippen LogP contribution in [0.3, 0.4) is 0 Å². The maximum Gasteiger partial charge on any atom is 0.416 e. The summed E-state index contributed by atoms with van der Waals surface area (Å²) in [5.74, 6) is -1.34. The van der Waals surface area contributed by atoms with Gasteiger partial charge in [-0.15, -0.1) is 11.8 Å². The van der Waals surface area contributed by atoms with Crippen molar-refractivity contribution in [2.45, 2.75) is 38.3 Å². The Kier molecular flexibility index (Phi) is 6.53. The largest absolute Gasteiger partial charge is 0.481 e. The molecule has 1 amide bonds. The van der Waals surface area contributed by atoms with Crippen molar-refractivity contribution in [3.05, 3.63) is 29.3 Å². The summed E-state index contributed by atoms with van der Waals surface area (Å²) < 4.78 is 43.5. The number of amides is 1. The lowest BCUT2D eigenvalue weighted by Gasteiger charge is -2.21. The lowest BCUT2D eigenvalue weighted by molar-refractivity contribution is -0.137. The van der Waals surface area contributed by atoms with E-state index in [1.807, 2.05) is 0 Å². The molecule has 0 aromatic heterocycles. The van der Waals surface area contributed by atoms with E-state index >= 15 is 0 Å². The second-order valence-corrected chi connectivity index (χ2v) is 6.87. The van der Waals surface area contributed by atoms with Crippen LogP contribution in [0.25, 0.3) is 0 Å². The SMILES string of the molecule is CC(C)(C)OC(=O)Nc1ccc(C(F)(F)F)cc1CSCC(=O)O. The first kappa shape index (κ1) is 20.1. The maximum absolute atomic E-state index is 12.8. The summed E-state index contributed by atoms with van der Waals surface area (Å²) in [5.41, 5.74) is -1.31. The molecule has 0 unspecified atom stereocenters. The van der Waals surface area contributed by atoms with Crippen LogP contribution < -0.4 is 5.32 Å². The fourth-order valence-electron chi connectivity index (χ4n) is 1.67. The minimum absolute atomic E-state index is 0.00134. The topological polar surface area (TPSA) is 75.6 Å². The fourth-order valence-corrected chi connectivity index (χ4v) is 2.41. The van der Waals surface area contributed by atoms with Crippen molar-refractivity contribution in [2.24, 2.45) is 0 Å². The summed E-state index contributed by atoms with van der Waals surface area (Å²) in [6, 6.07) is 2.86. The van der Waals surface area contributed by atoms with E-state index in [2.05, 4.69) is 5.32 Å². The zero-order valence-electron chi connectivity index (χ0n) is 13.4. The van der Waals surface area contributed by atoms with Crippen LogP contribution in [0, 0.1) is 0 Å². The van der Waals surface area contributed by atoms with Crippen molar-refractivity contribution >= 4 is 29.5 Å². The van der Waals surface area contributed by atoms with Gasteiger partial charge in [-0.2, -0.15) is 13.2 Å². The molecule has 134 valence electrons. The van der Waals surface area contributed by atoms with Crippen molar-refractivity contribution in [2.75, 3.05) is 11.1 Å². The van der Waals surface area contributed by atoms with Gasteiger partial charge in [0.05, 0.1) is 11.3 Å². The van der Waals surface area contributed by atoms with Gasteiger partial charge < -0.3 is 9.84 Å². The van der Waals surface area contributed by atoms with Gasteiger partial charge in [0.1, 0.15) is 5.60 Å². The number of hydrogen-bond acceptors (Lipinski definition) is 4. The number of halogens is 3. The maximum atomic E-state index is 12.8. The number of rotatable bonds is 5. The summed E-state index contributed by atoms with van der Waals surface area (Å²) in [4.78, 5) is 22.3. The summed E-state index contributed by atoms with van der Waals surface area (Å²) in [7, 11) is 0. The first-order chi connectivity index (χ1) is 10.9. The smallest absolute Gasteiger partial charge is 0.416 e. The minimum Gasteiger partial charge on any atom is -0.481 e. The molecule has 0 aliphatic heterocycles. The molecule has 0 aliphatic carbocycles. The highest BCUT2D eigenvalue weighted by Gasteiger charge is 2.31. The van der Waals surface area contributed by atoms with Crippen LogP contribution in [0.4, 0.5) is 23.7 Å². The van der Waals surface area contributed by atoms with Gasteiger partial charge in [0, 0.05) is 11.4 Å². The Morgan fingerprint density at radius 2 is 1.88 bits per heavy atom. The van der Waals surface area contributed by atoms with Crippen molar-refractivity contribution in [1.29, 1.82) is 0 Å². The van der Waals surface area contributed by atoms with Crippen LogP contribution in [0.2, 0.25) is 0 Å². The summed E-state index contributed by atoms with van der Waals surface area (Å²) in [6.07, 6.45) is -5.33.